The van der Waals surface area contributed by atoms with Crippen LogP contribution in [0, 0.1) is 6.92 Å². The summed E-state index contributed by atoms with van der Waals surface area (Å²) in [6, 6.07) is 6.10. The minimum absolute atomic E-state index is 0.348. The first-order valence-electron chi connectivity index (χ1n) is 4.44. The Bertz CT molecular complexity index is 481. The fourth-order valence-electron chi connectivity index (χ4n) is 1.36. The van der Waals surface area contributed by atoms with E-state index in [4.69, 9.17) is 11.6 Å². The van der Waals surface area contributed by atoms with E-state index in [1.807, 2.05) is 29.7 Å². The molecule has 5 heteroatoms. The first kappa shape index (κ1) is 10.6. The van der Waals surface area contributed by atoms with Gasteiger partial charge < -0.3 is 0 Å². The molecule has 0 aliphatic rings. The van der Waals surface area contributed by atoms with Gasteiger partial charge in [-0.1, -0.05) is 6.07 Å². The van der Waals surface area contributed by atoms with Gasteiger partial charge in [-0.15, -0.1) is 21.8 Å². The average molecular weight is 287 g/mol. The van der Waals surface area contributed by atoms with Crippen molar-refractivity contribution in [2.24, 2.45) is 0 Å². The minimum Gasteiger partial charge on any atom is -0.283 e. The number of benzene rings is 1. The molecule has 0 saturated heterocycles. The summed E-state index contributed by atoms with van der Waals surface area (Å²) in [7, 11) is 0. The Labute approximate surface area is 101 Å². The van der Waals surface area contributed by atoms with Gasteiger partial charge in [0.1, 0.15) is 6.33 Å². The third kappa shape index (κ3) is 2.06. The van der Waals surface area contributed by atoms with Gasteiger partial charge in [-0.3, -0.25) is 4.57 Å². The summed E-state index contributed by atoms with van der Waals surface area (Å²) < 4.78 is 2.88. The zero-order valence-electron chi connectivity index (χ0n) is 8.11. The van der Waals surface area contributed by atoms with Crippen molar-refractivity contribution in [1.29, 1.82) is 0 Å². The van der Waals surface area contributed by atoms with Gasteiger partial charge in [0.25, 0.3) is 0 Å². The van der Waals surface area contributed by atoms with E-state index in [9.17, 15) is 0 Å². The predicted molar refractivity (Wildman–Crippen MR) is 63.4 cm³/mol. The monoisotopic (exact) mass is 285 g/mol. The van der Waals surface area contributed by atoms with Crippen LogP contribution >= 0.6 is 27.5 Å². The van der Waals surface area contributed by atoms with E-state index in [-0.39, 0.29) is 0 Å². The molecule has 0 N–H and O–H groups in total. The Morgan fingerprint density at radius 1 is 1.47 bits per heavy atom. The van der Waals surface area contributed by atoms with Gasteiger partial charge in [0.15, 0.2) is 5.82 Å². The number of aromatic nitrogens is 3. The highest BCUT2D eigenvalue weighted by Gasteiger charge is 2.07. The lowest BCUT2D eigenvalue weighted by Crippen LogP contribution is -1.99. The van der Waals surface area contributed by atoms with E-state index in [2.05, 4.69) is 26.1 Å². The quantitative estimate of drug-likeness (QED) is 0.794. The van der Waals surface area contributed by atoms with Crippen LogP contribution in [0.3, 0.4) is 0 Å². The maximum Gasteiger partial charge on any atom is 0.152 e. The Balaban J connectivity index is 2.54. The Morgan fingerprint density at radius 2 is 2.27 bits per heavy atom. The fraction of sp³-hybridized carbons (Fsp3) is 0.200. The van der Waals surface area contributed by atoms with Crippen molar-refractivity contribution in [3.63, 3.8) is 0 Å². The van der Waals surface area contributed by atoms with Crippen LogP contribution in [-0.4, -0.2) is 14.8 Å². The van der Waals surface area contributed by atoms with E-state index in [1.165, 1.54) is 5.56 Å². The second-order valence-corrected chi connectivity index (χ2v) is 4.33. The highest BCUT2D eigenvalue weighted by atomic mass is 79.9. The van der Waals surface area contributed by atoms with Gasteiger partial charge in [-0.25, -0.2) is 0 Å². The SMILES string of the molecule is Cc1ccc(-n2cnnc2CCl)c(Br)c1. The molecule has 78 valence electrons. The van der Waals surface area contributed by atoms with Crippen LogP contribution in [0.25, 0.3) is 5.69 Å². The van der Waals surface area contributed by atoms with Crippen molar-refractivity contribution in [2.75, 3.05) is 0 Å². The lowest BCUT2D eigenvalue weighted by atomic mass is 10.2. The van der Waals surface area contributed by atoms with Crippen LogP contribution in [-0.2, 0) is 5.88 Å². The molecule has 0 fully saturated rings. The number of nitrogens with zero attached hydrogens (tertiary/aromatic N) is 3. The molecule has 0 atom stereocenters. The molecule has 15 heavy (non-hydrogen) atoms. The molecular formula is C10H9BrClN3. The van der Waals surface area contributed by atoms with Crippen LogP contribution in [0.15, 0.2) is 29.0 Å². The van der Waals surface area contributed by atoms with Gasteiger partial charge in [0.2, 0.25) is 0 Å². The van der Waals surface area contributed by atoms with Crippen LogP contribution in [0.2, 0.25) is 0 Å². The highest BCUT2D eigenvalue weighted by molar-refractivity contribution is 9.10. The summed E-state index contributed by atoms with van der Waals surface area (Å²) in [5, 5.41) is 7.78. The first-order valence-corrected chi connectivity index (χ1v) is 5.76. The summed E-state index contributed by atoms with van der Waals surface area (Å²) >= 11 is 9.28. The molecule has 0 spiro atoms. The number of hydrogen-bond acceptors (Lipinski definition) is 2. The fourth-order valence-corrected chi connectivity index (χ4v) is 2.23. The molecule has 0 unspecified atom stereocenters. The third-order valence-electron chi connectivity index (χ3n) is 2.10. The summed E-state index contributed by atoms with van der Waals surface area (Å²) in [4.78, 5) is 0. The molecule has 1 aromatic heterocycles. The lowest BCUT2D eigenvalue weighted by Gasteiger charge is -2.07. The van der Waals surface area contributed by atoms with Crippen LogP contribution < -0.4 is 0 Å². The Kier molecular flexibility index (Phi) is 3.07. The number of alkyl halides is 1. The molecular weight excluding hydrogens is 277 g/mol. The zero-order chi connectivity index (χ0) is 10.8. The van der Waals surface area contributed by atoms with Gasteiger partial charge in [-0.05, 0) is 40.5 Å². The van der Waals surface area contributed by atoms with Gasteiger partial charge in [0.05, 0.1) is 11.6 Å². The molecule has 0 aliphatic heterocycles. The maximum absolute atomic E-state index is 5.77. The Hall–Kier alpha value is -0.870. The molecule has 0 bridgehead atoms. The molecule has 2 rings (SSSR count). The summed E-state index contributed by atoms with van der Waals surface area (Å²) in [6.45, 7) is 2.04. The van der Waals surface area contributed by atoms with Crippen LogP contribution in [0.4, 0.5) is 0 Å². The highest BCUT2D eigenvalue weighted by Crippen LogP contribution is 2.23. The molecule has 0 radical (unpaired) electrons. The largest absolute Gasteiger partial charge is 0.283 e. The average Bonchev–Trinajstić information content (AvgIpc) is 2.65. The van der Waals surface area contributed by atoms with Crippen LogP contribution in [0.1, 0.15) is 11.4 Å². The smallest absolute Gasteiger partial charge is 0.152 e. The van der Waals surface area contributed by atoms with E-state index in [1.54, 1.807) is 6.33 Å². The normalized spacial score (nSPS) is 10.6. The molecule has 1 heterocycles. The molecule has 0 amide bonds. The summed E-state index contributed by atoms with van der Waals surface area (Å²) in [5.41, 5.74) is 2.20. The molecule has 1 aromatic carbocycles. The number of aryl methyl sites for hydroxylation is 1. The third-order valence-corrected chi connectivity index (χ3v) is 2.97. The topological polar surface area (TPSA) is 30.7 Å². The lowest BCUT2D eigenvalue weighted by molar-refractivity contribution is 0.946. The Morgan fingerprint density at radius 3 is 2.93 bits per heavy atom. The minimum atomic E-state index is 0.348. The van der Waals surface area contributed by atoms with Gasteiger partial charge >= 0.3 is 0 Å². The van der Waals surface area contributed by atoms with Crippen molar-refractivity contribution in [2.45, 2.75) is 12.8 Å². The molecule has 0 aliphatic carbocycles. The molecule has 3 nitrogen and oxygen atoms in total. The van der Waals surface area contributed by atoms with E-state index in [0.29, 0.717) is 5.88 Å². The number of hydrogen-bond donors (Lipinski definition) is 0. The number of halogens is 2. The zero-order valence-corrected chi connectivity index (χ0v) is 10.5. The van der Waals surface area contributed by atoms with E-state index in [0.717, 1.165) is 16.0 Å². The van der Waals surface area contributed by atoms with Crippen molar-refractivity contribution in [1.82, 2.24) is 14.8 Å². The maximum atomic E-state index is 5.77. The predicted octanol–water partition coefficient (Wildman–Crippen LogP) is 3.08. The standard InChI is InChI=1S/C10H9BrClN3/c1-7-2-3-9(8(11)4-7)15-6-13-14-10(15)5-12/h2-4,6H,5H2,1H3. The second kappa shape index (κ2) is 4.33. The second-order valence-electron chi connectivity index (χ2n) is 3.21. The van der Waals surface area contributed by atoms with Crippen LogP contribution in [0.5, 0.6) is 0 Å². The molecule has 2 aromatic rings. The first-order chi connectivity index (χ1) is 7.22. The van der Waals surface area contributed by atoms with E-state index >= 15 is 0 Å². The van der Waals surface area contributed by atoms with Crippen molar-refractivity contribution >= 4 is 27.5 Å². The summed E-state index contributed by atoms with van der Waals surface area (Å²) in [6.07, 6.45) is 1.66. The van der Waals surface area contributed by atoms with Gasteiger partial charge in [-0.2, -0.15) is 0 Å². The van der Waals surface area contributed by atoms with Crippen molar-refractivity contribution in [3.8, 4) is 5.69 Å². The molecule has 0 saturated carbocycles. The van der Waals surface area contributed by atoms with Crippen molar-refractivity contribution in [3.05, 3.63) is 40.4 Å². The van der Waals surface area contributed by atoms with E-state index < -0.39 is 0 Å². The van der Waals surface area contributed by atoms with Crippen molar-refractivity contribution < 1.29 is 0 Å². The van der Waals surface area contributed by atoms with Gasteiger partial charge in [0, 0.05) is 4.47 Å². The summed E-state index contributed by atoms with van der Waals surface area (Å²) in [5.74, 6) is 1.08. The number of rotatable bonds is 2.